The molecule has 0 spiro atoms. The minimum atomic E-state index is -4.30. The Bertz CT molecular complexity index is 1870. The van der Waals surface area contributed by atoms with Gasteiger partial charge in [-0.05, 0) is 62.8 Å². The number of carbonyl (C=O) groups is 3. The van der Waals surface area contributed by atoms with Crippen molar-refractivity contribution in [2.75, 3.05) is 32.2 Å². The van der Waals surface area contributed by atoms with Crippen molar-refractivity contribution >= 4 is 56.9 Å². The minimum absolute atomic E-state index is 0.0170. The number of hydrogen-bond donors (Lipinski definition) is 1. The molecule has 14 heteroatoms. The molecule has 58 heavy (non-hydrogen) atoms. The lowest BCUT2D eigenvalue weighted by atomic mass is 9.86. The van der Waals surface area contributed by atoms with Crippen LogP contribution in [0.1, 0.15) is 132 Å². The molecular formula is C44H66N4O8S2. The van der Waals surface area contributed by atoms with Gasteiger partial charge in [0.25, 0.3) is 21.8 Å². The van der Waals surface area contributed by atoms with Crippen LogP contribution in [0.4, 0.5) is 16.2 Å². The molecule has 1 saturated heterocycles. The minimum Gasteiger partial charge on any atom is -0.497 e. The van der Waals surface area contributed by atoms with E-state index >= 15 is 0 Å². The Hall–Kier alpha value is -3.62. The highest BCUT2D eigenvalue weighted by Gasteiger charge is 2.55. The SMILES string of the molecule is CCCCCCCCCCCCOCCCN1C(C(C(=O)Nc2cc(OC)ccc2SC(C)(C)CC(C)(C)C)N2C(=O)OC(C)(C)C2=O)=Nc2ccccc2S1(=O)=O. The van der Waals surface area contributed by atoms with E-state index in [0.717, 1.165) is 34.9 Å². The van der Waals surface area contributed by atoms with E-state index < -0.39 is 39.6 Å². The number of thioether (sulfide) groups is 1. The number of benzene rings is 2. The number of ether oxygens (including phenoxy) is 3. The number of fused-ring (bicyclic) bond motifs is 1. The molecule has 0 radical (unpaired) electrons. The van der Waals surface area contributed by atoms with Gasteiger partial charge in [-0.25, -0.2) is 23.1 Å². The van der Waals surface area contributed by atoms with E-state index in [2.05, 4.69) is 46.9 Å². The standard InChI is InChI=1S/C44H66N4O8S2/c1-10-11-12-13-14-15-16-17-18-21-28-55-29-22-27-47-38(45-33-23-19-20-24-36(33)58(47,52)53)37(48-40(50)44(7,8)56-41(48)51)39(49)46-34-30-32(54-9)25-26-35(34)57-43(5,6)31-42(2,3)4/h19-20,23-26,30,37H,10-18,21-22,27-29,31H2,1-9H3,(H,46,49). The third kappa shape index (κ3) is 12.7. The molecule has 322 valence electrons. The lowest BCUT2D eigenvalue weighted by molar-refractivity contribution is -0.137. The molecule has 12 nitrogen and oxygen atoms in total. The Labute approximate surface area is 351 Å². The van der Waals surface area contributed by atoms with Gasteiger partial charge in [0.05, 0.1) is 18.5 Å². The second-order valence-electron chi connectivity index (χ2n) is 17.6. The predicted octanol–water partition coefficient (Wildman–Crippen LogP) is 10.1. The van der Waals surface area contributed by atoms with Gasteiger partial charge in [0, 0.05) is 35.5 Å². The zero-order valence-electron chi connectivity index (χ0n) is 36.1. The molecule has 3 amide bonds. The fraction of sp³-hybridized carbons (Fsp3) is 0.636. The number of hydrogen-bond acceptors (Lipinski definition) is 10. The summed E-state index contributed by atoms with van der Waals surface area (Å²) in [6.07, 6.45) is 12.1. The molecule has 1 N–H and O–H groups in total. The van der Waals surface area contributed by atoms with E-state index in [1.807, 2.05) is 6.07 Å². The van der Waals surface area contributed by atoms with Crippen LogP contribution in [-0.2, 0) is 29.1 Å². The van der Waals surface area contributed by atoms with Gasteiger partial charge in [0.15, 0.2) is 17.5 Å². The second-order valence-corrected chi connectivity index (χ2v) is 21.1. The summed E-state index contributed by atoms with van der Waals surface area (Å²) in [6, 6.07) is 9.70. The quantitative estimate of drug-likeness (QED) is 0.0854. The van der Waals surface area contributed by atoms with Crippen molar-refractivity contribution in [3.63, 3.8) is 0 Å². The number of amidine groups is 1. The largest absolute Gasteiger partial charge is 0.497 e. The van der Waals surface area contributed by atoms with Crippen LogP contribution in [0.25, 0.3) is 0 Å². The molecule has 1 fully saturated rings. The van der Waals surface area contributed by atoms with Crippen molar-refractivity contribution in [3.8, 4) is 5.75 Å². The number of imide groups is 1. The lowest BCUT2D eigenvalue weighted by Gasteiger charge is -2.35. The molecule has 2 aliphatic rings. The summed E-state index contributed by atoms with van der Waals surface area (Å²) in [5.41, 5.74) is -1.14. The summed E-state index contributed by atoms with van der Waals surface area (Å²) in [7, 11) is -2.79. The average Bonchev–Trinajstić information content (AvgIpc) is 3.33. The van der Waals surface area contributed by atoms with E-state index in [9.17, 15) is 22.8 Å². The van der Waals surface area contributed by atoms with E-state index in [-0.39, 0.29) is 46.2 Å². The summed E-state index contributed by atoms with van der Waals surface area (Å²) in [4.78, 5) is 48.4. The number of nitrogens with zero attached hydrogens (tertiary/aromatic N) is 3. The summed E-state index contributed by atoms with van der Waals surface area (Å²) < 4.78 is 46.5. The van der Waals surface area contributed by atoms with Gasteiger partial charge in [-0.1, -0.05) is 111 Å². The van der Waals surface area contributed by atoms with Crippen molar-refractivity contribution in [1.82, 2.24) is 9.21 Å². The van der Waals surface area contributed by atoms with Gasteiger partial charge in [-0.2, -0.15) is 0 Å². The second kappa shape index (κ2) is 20.6. The number of carbonyl (C=O) groups excluding carboxylic acids is 3. The van der Waals surface area contributed by atoms with E-state index in [4.69, 9.17) is 19.2 Å². The number of aliphatic imine (C=N–C) groups is 1. The van der Waals surface area contributed by atoms with Gasteiger partial charge in [-0.3, -0.25) is 13.9 Å². The summed E-state index contributed by atoms with van der Waals surface area (Å²) >= 11 is 1.57. The van der Waals surface area contributed by atoms with Gasteiger partial charge < -0.3 is 19.5 Å². The molecule has 1 unspecified atom stereocenters. The summed E-state index contributed by atoms with van der Waals surface area (Å²) in [5, 5.41) is 2.94. The molecule has 0 bridgehead atoms. The highest BCUT2D eigenvalue weighted by molar-refractivity contribution is 8.00. The molecular weight excluding hydrogens is 777 g/mol. The lowest BCUT2D eigenvalue weighted by Crippen LogP contribution is -2.59. The summed E-state index contributed by atoms with van der Waals surface area (Å²) in [5.74, 6) is -1.47. The first kappa shape index (κ1) is 47.1. The molecule has 2 aliphatic heterocycles. The highest BCUT2D eigenvalue weighted by Crippen LogP contribution is 2.44. The van der Waals surface area contributed by atoms with Crippen LogP contribution >= 0.6 is 11.8 Å². The molecule has 2 aromatic carbocycles. The Balaban J connectivity index is 1.61. The number of nitrogens with one attached hydrogen (secondary N) is 1. The first-order valence-electron chi connectivity index (χ1n) is 20.8. The number of anilines is 1. The zero-order chi connectivity index (χ0) is 42.7. The fourth-order valence-corrected chi connectivity index (χ4v) is 10.7. The van der Waals surface area contributed by atoms with Crippen molar-refractivity contribution in [3.05, 3.63) is 42.5 Å². The molecule has 0 aliphatic carbocycles. The van der Waals surface area contributed by atoms with Crippen LogP contribution in [0.15, 0.2) is 57.2 Å². The maximum atomic E-state index is 14.8. The Morgan fingerprint density at radius 2 is 1.53 bits per heavy atom. The topological polar surface area (TPSA) is 144 Å². The van der Waals surface area contributed by atoms with Crippen LogP contribution in [0.3, 0.4) is 0 Å². The third-order valence-electron chi connectivity index (χ3n) is 10.0. The Morgan fingerprint density at radius 1 is 0.914 bits per heavy atom. The van der Waals surface area contributed by atoms with E-state index in [1.54, 1.807) is 36.0 Å². The van der Waals surface area contributed by atoms with Crippen LogP contribution in [0, 0.1) is 5.41 Å². The molecule has 2 heterocycles. The van der Waals surface area contributed by atoms with Crippen molar-refractivity contribution in [2.24, 2.45) is 10.4 Å². The normalized spacial score (nSPS) is 16.8. The molecule has 1 atom stereocenters. The highest BCUT2D eigenvalue weighted by atomic mass is 32.2. The van der Waals surface area contributed by atoms with E-state index in [0.29, 0.717) is 22.9 Å². The van der Waals surface area contributed by atoms with Gasteiger partial charge >= 0.3 is 6.09 Å². The van der Waals surface area contributed by atoms with Gasteiger partial charge in [-0.15, -0.1) is 11.8 Å². The number of unbranched alkanes of at least 4 members (excludes halogenated alkanes) is 9. The maximum Gasteiger partial charge on any atom is 0.418 e. The van der Waals surface area contributed by atoms with E-state index in [1.165, 1.54) is 78.0 Å². The van der Waals surface area contributed by atoms with Crippen molar-refractivity contribution in [1.29, 1.82) is 0 Å². The molecule has 0 saturated carbocycles. The Kier molecular flexibility index (Phi) is 16.7. The number of methoxy groups -OCH3 is 1. The number of sulfonamides is 1. The predicted molar refractivity (Wildman–Crippen MR) is 232 cm³/mol. The van der Waals surface area contributed by atoms with Crippen LogP contribution in [0.2, 0.25) is 0 Å². The first-order valence-corrected chi connectivity index (χ1v) is 23.1. The molecule has 4 rings (SSSR count). The van der Waals surface area contributed by atoms with Crippen molar-refractivity contribution < 1.29 is 37.0 Å². The number of cyclic esters (lactones) is 1. The van der Waals surface area contributed by atoms with Crippen molar-refractivity contribution in [2.45, 2.75) is 159 Å². The summed E-state index contributed by atoms with van der Waals surface area (Å²) in [6.45, 7) is 16.5. The Morgan fingerprint density at radius 3 is 2.14 bits per heavy atom. The monoisotopic (exact) mass is 842 g/mol. The maximum absolute atomic E-state index is 14.8. The third-order valence-corrected chi connectivity index (χ3v) is 13.2. The molecule has 2 aromatic rings. The van der Waals surface area contributed by atoms with Gasteiger partial charge in [0.2, 0.25) is 0 Å². The smallest absolute Gasteiger partial charge is 0.418 e. The number of para-hydroxylation sites is 1. The van der Waals surface area contributed by atoms with Crippen LogP contribution in [0.5, 0.6) is 5.75 Å². The molecule has 0 aromatic heterocycles. The van der Waals surface area contributed by atoms with Crippen LogP contribution < -0.4 is 10.1 Å². The van der Waals surface area contributed by atoms with Gasteiger partial charge in [0.1, 0.15) is 10.6 Å². The average molecular weight is 843 g/mol. The van der Waals surface area contributed by atoms with Crippen LogP contribution in [-0.4, -0.2) is 84.6 Å². The zero-order valence-corrected chi connectivity index (χ0v) is 37.8. The number of amides is 3. The number of rotatable bonds is 23. The fourth-order valence-electron chi connectivity index (χ4n) is 7.62. The first-order chi connectivity index (χ1) is 27.3.